The van der Waals surface area contributed by atoms with Gasteiger partial charge in [0, 0.05) is 35.4 Å². The summed E-state index contributed by atoms with van der Waals surface area (Å²) in [6.45, 7) is 3.71. The third kappa shape index (κ3) is 4.75. The fourth-order valence-corrected chi connectivity index (χ4v) is 3.77. The first-order valence-corrected chi connectivity index (χ1v) is 10.4. The van der Waals surface area contributed by atoms with Gasteiger partial charge in [-0.25, -0.2) is 4.39 Å². The van der Waals surface area contributed by atoms with E-state index in [0.29, 0.717) is 41.1 Å². The van der Waals surface area contributed by atoms with Crippen LogP contribution in [0.1, 0.15) is 34.1 Å². The Hall–Kier alpha value is -3.80. The average molecular weight is 430 g/mol. The molecule has 0 fully saturated rings. The highest BCUT2D eigenvalue weighted by Crippen LogP contribution is 2.41. The average Bonchev–Trinajstić information content (AvgIpc) is 3.19. The summed E-state index contributed by atoms with van der Waals surface area (Å²) in [4.78, 5) is 28.1. The maximum atomic E-state index is 14.7. The predicted molar refractivity (Wildman–Crippen MR) is 121 cm³/mol. The molecule has 1 aliphatic heterocycles. The van der Waals surface area contributed by atoms with E-state index in [2.05, 4.69) is 10.3 Å². The molecule has 32 heavy (non-hydrogen) atoms. The number of nitrogens with zero attached hydrogens (tertiary/aromatic N) is 1. The number of pyridine rings is 1. The number of ether oxygens (including phenoxy) is 1. The lowest BCUT2D eigenvalue weighted by atomic mass is 9.95. The highest BCUT2D eigenvalue weighted by atomic mass is 19.1. The molecule has 0 aliphatic carbocycles. The number of halogens is 1. The molecule has 1 aromatic heterocycles. The van der Waals surface area contributed by atoms with E-state index < -0.39 is 5.82 Å². The van der Waals surface area contributed by atoms with Crippen molar-refractivity contribution in [3.8, 4) is 16.9 Å². The van der Waals surface area contributed by atoms with Crippen molar-refractivity contribution in [2.24, 2.45) is 0 Å². The molecule has 0 saturated heterocycles. The third-order valence-electron chi connectivity index (χ3n) is 5.30. The van der Waals surface area contributed by atoms with Crippen molar-refractivity contribution < 1.29 is 18.7 Å². The molecular weight excluding hydrogens is 407 g/mol. The summed E-state index contributed by atoms with van der Waals surface area (Å²) >= 11 is 0. The molecule has 0 saturated carbocycles. The highest BCUT2D eigenvalue weighted by molar-refractivity contribution is 5.95. The second-order valence-corrected chi connectivity index (χ2v) is 7.83. The molecular formula is C26H23FN2O3. The zero-order valence-electron chi connectivity index (χ0n) is 17.9. The van der Waals surface area contributed by atoms with Gasteiger partial charge < -0.3 is 10.1 Å². The Morgan fingerprint density at radius 3 is 2.78 bits per heavy atom. The number of fused-ring (bicyclic) bond motifs is 1. The minimum atomic E-state index is -0.414. The van der Waals surface area contributed by atoms with Crippen LogP contribution in [-0.2, 0) is 11.2 Å². The minimum Gasteiger partial charge on any atom is -0.487 e. The van der Waals surface area contributed by atoms with Crippen LogP contribution in [0.5, 0.6) is 5.75 Å². The van der Waals surface area contributed by atoms with Gasteiger partial charge in [0.25, 0.3) is 0 Å². The van der Waals surface area contributed by atoms with E-state index >= 15 is 0 Å². The lowest BCUT2D eigenvalue weighted by molar-refractivity contribution is -0.116. The van der Waals surface area contributed by atoms with Crippen molar-refractivity contribution >= 4 is 17.8 Å². The van der Waals surface area contributed by atoms with Crippen LogP contribution in [0, 0.1) is 12.7 Å². The number of ketones is 1. The molecule has 1 unspecified atom stereocenters. The van der Waals surface area contributed by atoms with Crippen molar-refractivity contribution in [3.63, 3.8) is 0 Å². The number of aryl methyl sites for hydroxylation is 1. The summed E-state index contributed by atoms with van der Waals surface area (Å²) in [6, 6.07) is 13.7. The molecule has 5 nitrogen and oxygen atoms in total. The van der Waals surface area contributed by atoms with E-state index in [9.17, 15) is 14.0 Å². The molecule has 0 bridgehead atoms. The fourth-order valence-electron chi connectivity index (χ4n) is 3.77. The van der Waals surface area contributed by atoms with Crippen molar-refractivity contribution in [3.05, 3.63) is 89.0 Å². The van der Waals surface area contributed by atoms with Gasteiger partial charge in [0.05, 0.1) is 12.2 Å². The molecule has 3 aromatic rings. The second kappa shape index (κ2) is 9.14. The van der Waals surface area contributed by atoms with Gasteiger partial charge in [-0.05, 0) is 67.4 Å². The van der Waals surface area contributed by atoms with Crippen LogP contribution in [0.15, 0.2) is 60.8 Å². The molecule has 4 rings (SSSR count). The first-order valence-electron chi connectivity index (χ1n) is 10.4. The van der Waals surface area contributed by atoms with Crippen molar-refractivity contribution in [1.29, 1.82) is 0 Å². The second-order valence-electron chi connectivity index (χ2n) is 7.83. The minimum absolute atomic E-state index is 0.129. The normalized spacial score (nSPS) is 14.8. The first kappa shape index (κ1) is 21.4. The molecule has 2 heterocycles. The number of nitrogens with one attached hydrogen (secondary N) is 1. The largest absolute Gasteiger partial charge is 0.487 e. The standard InChI is InChI=1S/C26H23FN2O3/c1-16-11-19-13-21(15-29-25(31)9-7-20-5-3-4-10-28-20)32-26(19)23(12-16)22-14-18(17(2)30)6-8-24(22)27/h3-12,14,21H,13,15H2,1-2H3,(H,29,31)/b9-7+. The predicted octanol–water partition coefficient (Wildman–Crippen LogP) is 4.53. The first-order chi connectivity index (χ1) is 15.4. The zero-order chi connectivity index (χ0) is 22.7. The van der Waals surface area contributed by atoms with Crippen molar-refractivity contribution in [2.75, 3.05) is 6.54 Å². The Balaban J connectivity index is 1.49. The Labute approximate surface area is 186 Å². The van der Waals surface area contributed by atoms with Gasteiger partial charge in [-0.1, -0.05) is 12.1 Å². The van der Waals surface area contributed by atoms with Crippen LogP contribution in [0.25, 0.3) is 17.2 Å². The zero-order valence-corrected chi connectivity index (χ0v) is 17.9. The van der Waals surface area contributed by atoms with Gasteiger partial charge in [0.15, 0.2) is 5.78 Å². The topological polar surface area (TPSA) is 68.3 Å². The monoisotopic (exact) mass is 430 g/mol. The molecule has 1 aliphatic rings. The van der Waals surface area contributed by atoms with Crippen LogP contribution in [0.3, 0.4) is 0 Å². The summed E-state index contributed by atoms with van der Waals surface area (Å²) in [5.74, 6) is -0.191. The van der Waals surface area contributed by atoms with Crippen LogP contribution in [0.4, 0.5) is 4.39 Å². The third-order valence-corrected chi connectivity index (χ3v) is 5.30. The van der Waals surface area contributed by atoms with E-state index in [1.807, 2.05) is 37.3 Å². The molecule has 6 heteroatoms. The van der Waals surface area contributed by atoms with Crippen molar-refractivity contribution in [1.82, 2.24) is 10.3 Å². The van der Waals surface area contributed by atoms with E-state index in [-0.39, 0.29) is 17.8 Å². The van der Waals surface area contributed by atoms with E-state index in [1.165, 1.54) is 25.1 Å². The molecule has 2 aromatic carbocycles. The van der Waals surface area contributed by atoms with Gasteiger partial charge in [0.1, 0.15) is 17.7 Å². The van der Waals surface area contributed by atoms with Gasteiger partial charge in [-0.3, -0.25) is 14.6 Å². The molecule has 1 atom stereocenters. The number of benzene rings is 2. The number of hydrogen-bond acceptors (Lipinski definition) is 4. The van der Waals surface area contributed by atoms with Crippen LogP contribution in [-0.4, -0.2) is 29.3 Å². The number of carbonyl (C=O) groups is 2. The summed E-state index contributed by atoms with van der Waals surface area (Å²) in [5, 5.41) is 2.84. The number of amides is 1. The Kier molecular flexibility index (Phi) is 6.12. The SMILES string of the molecule is CC(=O)c1ccc(F)c(-c2cc(C)cc3c2OC(CNC(=O)/C=C/c2ccccn2)C3)c1. The summed E-state index contributed by atoms with van der Waals surface area (Å²) in [6.07, 6.45) is 5.07. The smallest absolute Gasteiger partial charge is 0.244 e. The lowest BCUT2D eigenvalue weighted by Gasteiger charge is -2.14. The number of hydrogen-bond donors (Lipinski definition) is 1. The molecule has 1 N–H and O–H groups in total. The van der Waals surface area contributed by atoms with Gasteiger partial charge in [-0.2, -0.15) is 0 Å². The maximum absolute atomic E-state index is 14.7. The fraction of sp³-hybridized carbons (Fsp3) is 0.192. The highest BCUT2D eigenvalue weighted by Gasteiger charge is 2.27. The summed E-state index contributed by atoms with van der Waals surface area (Å²) in [5.41, 5.74) is 4.01. The quantitative estimate of drug-likeness (QED) is 0.461. The Morgan fingerprint density at radius 1 is 1.19 bits per heavy atom. The number of aromatic nitrogens is 1. The summed E-state index contributed by atoms with van der Waals surface area (Å²) < 4.78 is 20.8. The van der Waals surface area contributed by atoms with E-state index in [4.69, 9.17) is 4.74 Å². The molecule has 0 spiro atoms. The lowest BCUT2D eigenvalue weighted by Crippen LogP contribution is -2.33. The van der Waals surface area contributed by atoms with Gasteiger partial charge in [0.2, 0.25) is 5.91 Å². The Bertz CT molecular complexity index is 1210. The molecule has 162 valence electrons. The Morgan fingerprint density at radius 2 is 2.03 bits per heavy atom. The van der Waals surface area contributed by atoms with E-state index in [0.717, 1.165) is 11.1 Å². The number of carbonyl (C=O) groups excluding carboxylic acids is 2. The molecule has 1 amide bonds. The number of Topliss-reactive ketones (excluding diaryl/α,β-unsaturated/α-hetero) is 1. The van der Waals surface area contributed by atoms with Crippen LogP contribution < -0.4 is 10.1 Å². The summed E-state index contributed by atoms with van der Waals surface area (Å²) in [7, 11) is 0. The van der Waals surface area contributed by atoms with E-state index in [1.54, 1.807) is 18.3 Å². The van der Waals surface area contributed by atoms with Gasteiger partial charge >= 0.3 is 0 Å². The van der Waals surface area contributed by atoms with Crippen molar-refractivity contribution in [2.45, 2.75) is 26.4 Å². The van der Waals surface area contributed by atoms with Gasteiger partial charge in [-0.15, -0.1) is 0 Å². The van der Waals surface area contributed by atoms with Crippen LogP contribution >= 0.6 is 0 Å². The maximum Gasteiger partial charge on any atom is 0.244 e. The molecule has 0 radical (unpaired) electrons. The number of rotatable bonds is 6. The van der Waals surface area contributed by atoms with Crippen LogP contribution in [0.2, 0.25) is 0 Å².